The Morgan fingerprint density at radius 1 is 0.842 bits per heavy atom. The molecule has 6 heteroatoms. The van der Waals surface area contributed by atoms with Crippen molar-refractivity contribution in [3.8, 4) is 0 Å². The van der Waals surface area contributed by atoms with Crippen LogP contribution in [0.25, 0.3) is 0 Å². The number of hydrogen-bond donors (Lipinski definition) is 1. The van der Waals surface area contributed by atoms with Crippen LogP contribution in [0.4, 0.5) is 13.2 Å². The van der Waals surface area contributed by atoms with Gasteiger partial charge in [-0.1, -0.05) is 29.3 Å². The summed E-state index contributed by atoms with van der Waals surface area (Å²) in [6, 6.07) is 5.09. The summed E-state index contributed by atoms with van der Waals surface area (Å²) in [6.45, 7) is 0. The molecule has 0 aliphatic heterocycles. The standard InChI is InChI=1S/C13H7Cl2F3O/c14-6-1-2-7(10(16)3-6)13(19)8-4-11(17)12(18)5-9(8)15/h1-5,13,19H. The molecule has 0 radical (unpaired) electrons. The third kappa shape index (κ3) is 2.86. The van der Waals surface area contributed by atoms with Crippen LogP contribution in [-0.2, 0) is 0 Å². The van der Waals surface area contributed by atoms with Gasteiger partial charge in [-0.15, -0.1) is 0 Å². The smallest absolute Gasteiger partial charge is 0.160 e. The largest absolute Gasteiger partial charge is 0.383 e. The molecule has 0 bridgehead atoms. The molecule has 2 rings (SSSR count). The monoisotopic (exact) mass is 306 g/mol. The van der Waals surface area contributed by atoms with Crippen LogP contribution < -0.4 is 0 Å². The van der Waals surface area contributed by atoms with E-state index in [9.17, 15) is 18.3 Å². The van der Waals surface area contributed by atoms with E-state index in [1.807, 2.05) is 0 Å². The first-order chi connectivity index (χ1) is 8.90. The highest BCUT2D eigenvalue weighted by molar-refractivity contribution is 6.31. The van der Waals surface area contributed by atoms with Crippen LogP contribution in [-0.4, -0.2) is 5.11 Å². The Morgan fingerprint density at radius 3 is 2.11 bits per heavy atom. The fourth-order valence-electron chi connectivity index (χ4n) is 1.64. The Bertz CT molecular complexity index is 632. The first-order valence-electron chi connectivity index (χ1n) is 5.17. The van der Waals surface area contributed by atoms with Crippen molar-refractivity contribution in [3.63, 3.8) is 0 Å². The van der Waals surface area contributed by atoms with Crippen molar-refractivity contribution in [2.75, 3.05) is 0 Å². The molecule has 0 saturated heterocycles. The second kappa shape index (κ2) is 5.41. The Balaban J connectivity index is 2.49. The van der Waals surface area contributed by atoms with E-state index in [1.165, 1.54) is 12.1 Å². The van der Waals surface area contributed by atoms with Crippen LogP contribution >= 0.6 is 23.2 Å². The van der Waals surface area contributed by atoms with Crippen LogP contribution in [0.3, 0.4) is 0 Å². The zero-order chi connectivity index (χ0) is 14.2. The molecule has 2 aromatic carbocycles. The van der Waals surface area contributed by atoms with Gasteiger partial charge in [-0.05, 0) is 24.3 Å². The number of benzene rings is 2. The van der Waals surface area contributed by atoms with Gasteiger partial charge in [0.2, 0.25) is 0 Å². The molecule has 1 N–H and O–H groups in total. The lowest BCUT2D eigenvalue weighted by Gasteiger charge is -2.14. The van der Waals surface area contributed by atoms with Crippen molar-refractivity contribution in [1.82, 2.24) is 0 Å². The van der Waals surface area contributed by atoms with Gasteiger partial charge in [-0.2, -0.15) is 0 Å². The van der Waals surface area contributed by atoms with Gasteiger partial charge >= 0.3 is 0 Å². The lowest BCUT2D eigenvalue weighted by molar-refractivity contribution is 0.214. The minimum atomic E-state index is -1.51. The zero-order valence-corrected chi connectivity index (χ0v) is 10.8. The van der Waals surface area contributed by atoms with Crippen molar-refractivity contribution in [1.29, 1.82) is 0 Å². The molecular formula is C13H7Cl2F3O. The average Bonchev–Trinajstić information content (AvgIpc) is 2.33. The third-order valence-electron chi connectivity index (χ3n) is 2.59. The highest BCUT2D eigenvalue weighted by atomic mass is 35.5. The number of halogens is 5. The second-order valence-electron chi connectivity index (χ2n) is 3.86. The SMILES string of the molecule is OC(c1ccc(Cl)cc1F)c1cc(F)c(F)cc1Cl. The molecule has 0 aromatic heterocycles. The normalized spacial score (nSPS) is 12.5. The molecule has 0 amide bonds. The van der Waals surface area contributed by atoms with Crippen molar-refractivity contribution in [3.05, 3.63) is 69.0 Å². The average molecular weight is 307 g/mol. The van der Waals surface area contributed by atoms with Crippen molar-refractivity contribution < 1.29 is 18.3 Å². The maximum atomic E-state index is 13.6. The minimum Gasteiger partial charge on any atom is -0.383 e. The van der Waals surface area contributed by atoms with Gasteiger partial charge in [0.05, 0.1) is 0 Å². The lowest BCUT2D eigenvalue weighted by atomic mass is 10.0. The fraction of sp³-hybridized carbons (Fsp3) is 0.0769. The Hall–Kier alpha value is -1.23. The molecule has 2 aromatic rings. The number of aliphatic hydroxyl groups is 1. The van der Waals surface area contributed by atoms with Crippen LogP contribution in [0.5, 0.6) is 0 Å². The first kappa shape index (κ1) is 14.2. The molecule has 0 heterocycles. The van der Waals surface area contributed by atoms with E-state index >= 15 is 0 Å². The molecule has 1 atom stereocenters. The van der Waals surface area contributed by atoms with E-state index in [4.69, 9.17) is 23.2 Å². The third-order valence-corrected chi connectivity index (χ3v) is 3.15. The second-order valence-corrected chi connectivity index (χ2v) is 4.70. The summed E-state index contributed by atoms with van der Waals surface area (Å²) in [6.07, 6.45) is -1.51. The van der Waals surface area contributed by atoms with Gasteiger partial charge in [0.25, 0.3) is 0 Å². The molecule has 1 unspecified atom stereocenters. The summed E-state index contributed by atoms with van der Waals surface area (Å²) in [4.78, 5) is 0. The molecule has 1 nitrogen and oxygen atoms in total. The minimum absolute atomic E-state index is 0.123. The van der Waals surface area contributed by atoms with Crippen molar-refractivity contribution >= 4 is 23.2 Å². The molecule has 0 spiro atoms. The molecule has 0 aliphatic carbocycles. The van der Waals surface area contributed by atoms with Crippen LogP contribution in [0, 0.1) is 17.5 Å². The van der Waals surface area contributed by atoms with Crippen molar-refractivity contribution in [2.24, 2.45) is 0 Å². The quantitative estimate of drug-likeness (QED) is 0.810. The van der Waals surface area contributed by atoms with E-state index in [1.54, 1.807) is 0 Å². The van der Waals surface area contributed by atoms with E-state index < -0.39 is 23.6 Å². The Kier molecular flexibility index (Phi) is 4.04. The molecular weight excluding hydrogens is 300 g/mol. The first-order valence-corrected chi connectivity index (χ1v) is 5.93. The Labute approximate surface area is 117 Å². The number of rotatable bonds is 2. The predicted octanol–water partition coefficient (Wildman–Crippen LogP) is 4.49. The predicted molar refractivity (Wildman–Crippen MR) is 66.8 cm³/mol. The van der Waals surface area contributed by atoms with Crippen molar-refractivity contribution in [2.45, 2.75) is 6.10 Å². The molecule has 19 heavy (non-hydrogen) atoms. The Morgan fingerprint density at radius 2 is 1.47 bits per heavy atom. The highest BCUT2D eigenvalue weighted by Crippen LogP contribution is 2.32. The van der Waals surface area contributed by atoms with Gasteiger partial charge in [-0.25, -0.2) is 13.2 Å². The number of hydrogen-bond acceptors (Lipinski definition) is 1. The van der Waals surface area contributed by atoms with Gasteiger partial charge in [0.15, 0.2) is 11.6 Å². The van der Waals surface area contributed by atoms with E-state index in [0.29, 0.717) is 0 Å². The molecule has 100 valence electrons. The van der Waals surface area contributed by atoms with E-state index in [-0.39, 0.29) is 21.2 Å². The van der Waals surface area contributed by atoms with Crippen LogP contribution in [0.2, 0.25) is 10.0 Å². The van der Waals surface area contributed by atoms with Crippen LogP contribution in [0.15, 0.2) is 30.3 Å². The van der Waals surface area contributed by atoms with E-state index in [0.717, 1.165) is 18.2 Å². The highest BCUT2D eigenvalue weighted by Gasteiger charge is 2.20. The topological polar surface area (TPSA) is 20.2 Å². The van der Waals surface area contributed by atoms with Gasteiger partial charge in [0, 0.05) is 21.2 Å². The van der Waals surface area contributed by atoms with Crippen LogP contribution in [0.1, 0.15) is 17.2 Å². The summed E-state index contributed by atoms with van der Waals surface area (Å²) in [5.74, 6) is -3.08. The van der Waals surface area contributed by atoms with Gasteiger partial charge < -0.3 is 5.11 Å². The lowest BCUT2D eigenvalue weighted by Crippen LogP contribution is -2.04. The summed E-state index contributed by atoms with van der Waals surface area (Å²) in [5.41, 5.74) is -0.251. The summed E-state index contributed by atoms with van der Waals surface area (Å²) in [7, 11) is 0. The maximum absolute atomic E-state index is 13.6. The molecule has 0 saturated carbocycles. The summed E-state index contributed by atoms with van der Waals surface area (Å²) in [5, 5.41) is 9.97. The number of aliphatic hydroxyl groups excluding tert-OH is 1. The maximum Gasteiger partial charge on any atom is 0.160 e. The summed E-state index contributed by atoms with van der Waals surface area (Å²) < 4.78 is 39.7. The fourth-order valence-corrected chi connectivity index (χ4v) is 2.05. The molecule has 0 fully saturated rings. The van der Waals surface area contributed by atoms with Gasteiger partial charge in [-0.3, -0.25) is 0 Å². The zero-order valence-electron chi connectivity index (χ0n) is 9.30. The summed E-state index contributed by atoms with van der Waals surface area (Å²) >= 11 is 11.3. The van der Waals surface area contributed by atoms with Gasteiger partial charge in [0.1, 0.15) is 11.9 Å². The molecule has 0 aliphatic rings. The van der Waals surface area contributed by atoms with E-state index in [2.05, 4.69) is 0 Å².